The topological polar surface area (TPSA) is 54.9 Å². The first-order chi connectivity index (χ1) is 11.7. The third-order valence-corrected chi connectivity index (χ3v) is 3.48. The lowest BCUT2D eigenvalue weighted by Crippen LogP contribution is -2.36. The van der Waals surface area contributed by atoms with Crippen LogP contribution in [0.4, 0.5) is 4.39 Å². The van der Waals surface area contributed by atoms with Crippen LogP contribution in [0, 0.1) is 5.82 Å². The molecule has 0 aromatic heterocycles. The highest BCUT2D eigenvalue weighted by atomic mass is 127. The minimum atomic E-state index is -0.248. The van der Waals surface area contributed by atoms with Crippen LogP contribution in [0.5, 0.6) is 11.5 Å². The van der Waals surface area contributed by atoms with E-state index in [4.69, 9.17) is 9.47 Å². The number of hydrogen-bond donors (Lipinski definition) is 2. The molecule has 0 aliphatic rings. The molecule has 0 bridgehead atoms. The van der Waals surface area contributed by atoms with Gasteiger partial charge in [-0.15, -0.1) is 24.0 Å². The van der Waals surface area contributed by atoms with Crippen molar-refractivity contribution in [2.24, 2.45) is 4.99 Å². The smallest absolute Gasteiger partial charge is 0.191 e. The average Bonchev–Trinajstić information content (AvgIpc) is 2.61. The van der Waals surface area contributed by atoms with Crippen molar-refractivity contribution < 1.29 is 13.9 Å². The van der Waals surface area contributed by atoms with Crippen LogP contribution in [0.1, 0.15) is 11.1 Å². The summed E-state index contributed by atoms with van der Waals surface area (Å²) in [5, 5.41) is 6.36. The molecular formula is C18H23FIN3O2. The Morgan fingerprint density at radius 1 is 0.960 bits per heavy atom. The molecule has 0 saturated carbocycles. The van der Waals surface area contributed by atoms with Crippen LogP contribution in [0.2, 0.25) is 0 Å². The Morgan fingerprint density at radius 3 is 2.16 bits per heavy atom. The van der Waals surface area contributed by atoms with Gasteiger partial charge in [0.05, 0.1) is 14.2 Å². The van der Waals surface area contributed by atoms with Gasteiger partial charge >= 0.3 is 0 Å². The maximum atomic E-state index is 13.2. The second-order valence-electron chi connectivity index (χ2n) is 5.10. The predicted molar refractivity (Wildman–Crippen MR) is 108 cm³/mol. The molecule has 5 nitrogen and oxygen atoms in total. The molecule has 2 aromatic rings. The third kappa shape index (κ3) is 6.41. The lowest BCUT2D eigenvalue weighted by molar-refractivity contribution is 0.354. The van der Waals surface area contributed by atoms with Gasteiger partial charge in [-0.2, -0.15) is 0 Å². The van der Waals surface area contributed by atoms with Crippen LogP contribution in [0.3, 0.4) is 0 Å². The lowest BCUT2D eigenvalue weighted by Gasteiger charge is -2.13. The van der Waals surface area contributed by atoms with Gasteiger partial charge < -0.3 is 20.1 Å². The van der Waals surface area contributed by atoms with Gasteiger partial charge in [0, 0.05) is 20.1 Å². The molecule has 2 rings (SSSR count). The summed E-state index contributed by atoms with van der Waals surface area (Å²) in [5.74, 6) is 1.76. The number of ether oxygens (including phenoxy) is 2. The van der Waals surface area contributed by atoms with E-state index in [9.17, 15) is 4.39 Å². The van der Waals surface area contributed by atoms with E-state index in [0.717, 1.165) is 11.1 Å². The summed E-state index contributed by atoms with van der Waals surface area (Å²) >= 11 is 0. The van der Waals surface area contributed by atoms with E-state index in [2.05, 4.69) is 15.6 Å². The highest BCUT2D eigenvalue weighted by Gasteiger charge is 2.05. The molecular weight excluding hydrogens is 436 g/mol. The normalized spacial score (nSPS) is 10.6. The highest BCUT2D eigenvalue weighted by molar-refractivity contribution is 14.0. The minimum Gasteiger partial charge on any atom is -0.493 e. The standard InChI is InChI=1S/C18H22FN3O2.HI/c1-20-18(21-11-13-5-4-6-15(19)9-13)22-12-14-7-8-16(23-2)17(10-14)24-3;/h4-10H,11-12H2,1-3H3,(H2,20,21,22);1H. The molecule has 7 heteroatoms. The molecule has 0 heterocycles. The lowest BCUT2D eigenvalue weighted by atomic mass is 10.2. The average molecular weight is 459 g/mol. The van der Waals surface area contributed by atoms with E-state index >= 15 is 0 Å². The summed E-state index contributed by atoms with van der Waals surface area (Å²) in [5.41, 5.74) is 1.88. The molecule has 0 spiro atoms. The first kappa shape index (κ1) is 21.0. The number of aliphatic imine (C=N–C) groups is 1. The molecule has 0 saturated heterocycles. The van der Waals surface area contributed by atoms with Gasteiger partial charge in [-0.05, 0) is 35.4 Å². The number of methoxy groups -OCH3 is 2. The number of guanidine groups is 1. The van der Waals surface area contributed by atoms with Crippen molar-refractivity contribution in [2.45, 2.75) is 13.1 Å². The number of hydrogen-bond acceptors (Lipinski definition) is 3. The van der Waals surface area contributed by atoms with Gasteiger partial charge in [-0.3, -0.25) is 4.99 Å². The zero-order chi connectivity index (χ0) is 17.4. The van der Waals surface area contributed by atoms with Crippen molar-refractivity contribution in [3.63, 3.8) is 0 Å². The molecule has 2 N–H and O–H groups in total. The summed E-state index contributed by atoms with van der Waals surface area (Å²) < 4.78 is 23.7. The Labute approximate surface area is 164 Å². The summed E-state index contributed by atoms with van der Waals surface area (Å²) in [6, 6.07) is 12.2. The van der Waals surface area contributed by atoms with Crippen LogP contribution in [0.15, 0.2) is 47.5 Å². The molecule has 0 atom stereocenters. The first-order valence-corrected chi connectivity index (χ1v) is 7.56. The van der Waals surface area contributed by atoms with Crippen molar-refractivity contribution in [3.8, 4) is 11.5 Å². The fraction of sp³-hybridized carbons (Fsp3) is 0.278. The van der Waals surface area contributed by atoms with E-state index in [-0.39, 0.29) is 29.8 Å². The Hall–Kier alpha value is -2.03. The third-order valence-electron chi connectivity index (χ3n) is 3.48. The Morgan fingerprint density at radius 2 is 1.60 bits per heavy atom. The highest BCUT2D eigenvalue weighted by Crippen LogP contribution is 2.27. The van der Waals surface area contributed by atoms with Crippen LogP contribution in [-0.4, -0.2) is 27.2 Å². The number of nitrogens with zero attached hydrogens (tertiary/aromatic N) is 1. The number of halogens is 2. The minimum absolute atomic E-state index is 0. The van der Waals surface area contributed by atoms with E-state index in [0.29, 0.717) is 30.5 Å². The van der Waals surface area contributed by atoms with Gasteiger partial charge in [0.25, 0.3) is 0 Å². The Kier molecular flexibility index (Phi) is 9.04. The SMILES string of the molecule is CN=C(NCc1cccc(F)c1)NCc1ccc(OC)c(OC)c1.I. The monoisotopic (exact) mass is 459 g/mol. The zero-order valence-electron chi connectivity index (χ0n) is 14.5. The number of benzene rings is 2. The molecule has 0 radical (unpaired) electrons. The molecule has 0 aliphatic carbocycles. The van der Waals surface area contributed by atoms with Crippen molar-refractivity contribution >= 4 is 29.9 Å². The van der Waals surface area contributed by atoms with Gasteiger partial charge in [0.2, 0.25) is 0 Å². The summed E-state index contributed by atoms with van der Waals surface area (Å²) in [6.07, 6.45) is 0. The molecule has 0 amide bonds. The second kappa shape index (κ2) is 10.8. The maximum Gasteiger partial charge on any atom is 0.191 e. The fourth-order valence-electron chi connectivity index (χ4n) is 2.23. The zero-order valence-corrected chi connectivity index (χ0v) is 16.8. The van der Waals surface area contributed by atoms with Crippen molar-refractivity contribution in [1.29, 1.82) is 0 Å². The molecule has 136 valence electrons. The quantitative estimate of drug-likeness (QED) is 0.396. The molecule has 25 heavy (non-hydrogen) atoms. The fourth-order valence-corrected chi connectivity index (χ4v) is 2.23. The van der Waals surface area contributed by atoms with E-state index < -0.39 is 0 Å². The van der Waals surface area contributed by atoms with Gasteiger partial charge in [-0.25, -0.2) is 4.39 Å². The van der Waals surface area contributed by atoms with Crippen LogP contribution >= 0.6 is 24.0 Å². The van der Waals surface area contributed by atoms with Crippen molar-refractivity contribution in [2.75, 3.05) is 21.3 Å². The summed E-state index contributed by atoms with van der Waals surface area (Å²) in [4.78, 5) is 4.16. The largest absolute Gasteiger partial charge is 0.493 e. The first-order valence-electron chi connectivity index (χ1n) is 7.56. The van der Waals surface area contributed by atoms with Crippen LogP contribution in [-0.2, 0) is 13.1 Å². The van der Waals surface area contributed by atoms with Crippen molar-refractivity contribution in [1.82, 2.24) is 10.6 Å². The number of rotatable bonds is 6. The van der Waals surface area contributed by atoms with Crippen LogP contribution in [0.25, 0.3) is 0 Å². The van der Waals surface area contributed by atoms with E-state index in [1.165, 1.54) is 12.1 Å². The molecule has 0 unspecified atom stereocenters. The molecule has 0 aliphatic heterocycles. The van der Waals surface area contributed by atoms with E-state index in [1.54, 1.807) is 27.3 Å². The van der Waals surface area contributed by atoms with Gasteiger partial charge in [0.15, 0.2) is 17.5 Å². The van der Waals surface area contributed by atoms with Crippen LogP contribution < -0.4 is 20.1 Å². The van der Waals surface area contributed by atoms with Crippen molar-refractivity contribution in [3.05, 3.63) is 59.4 Å². The maximum absolute atomic E-state index is 13.2. The summed E-state index contributed by atoms with van der Waals surface area (Å²) in [6.45, 7) is 1.06. The molecule has 0 fully saturated rings. The van der Waals surface area contributed by atoms with Gasteiger partial charge in [0.1, 0.15) is 5.82 Å². The van der Waals surface area contributed by atoms with Gasteiger partial charge in [-0.1, -0.05) is 18.2 Å². The predicted octanol–water partition coefficient (Wildman–Crippen LogP) is 3.33. The molecule has 2 aromatic carbocycles. The Bertz CT molecular complexity index is 710. The summed E-state index contributed by atoms with van der Waals surface area (Å²) in [7, 11) is 4.90. The Balaban J connectivity index is 0.00000312. The second-order valence-corrected chi connectivity index (χ2v) is 5.10. The number of nitrogens with one attached hydrogen (secondary N) is 2. The van der Waals surface area contributed by atoms with E-state index in [1.807, 2.05) is 24.3 Å².